The Labute approximate surface area is 186 Å². The van der Waals surface area contributed by atoms with Gasteiger partial charge in [-0.1, -0.05) is 18.2 Å². The second-order valence-electron chi connectivity index (χ2n) is 7.81. The topological polar surface area (TPSA) is 111 Å². The summed E-state index contributed by atoms with van der Waals surface area (Å²) in [4.78, 5) is 18.7. The van der Waals surface area contributed by atoms with Crippen molar-refractivity contribution in [3.05, 3.63) is 60.4 Å². The number of phenolic OH excluding ortho intramolecular Hbond substituents is 2. The maximum Gasteiger partial charge on any atom is 0.243 e. The highest BCUT2D eigenvalue weighted by Gasteiger charge is 2.29. The Morgan fingerprint density at radius 1 is 1.00 bits per heavy atom. The van der Waals surface area contributed by atoms with E-state index < -0.39 is 10.0 Å². The van der Waals surface area contributed by atoms with Gasteiger partial charge in [-0.15, -0.1) is 0 Å². The van der Waals surface area contributed by atoms with Crippen LogP contribution in [0, 0.1) is 0 Å². The number of nitrogens with zero attached hydrogens (tertiary/aromatic N) is 3. The molecule has 9 heteroatoms. The largest absolute Gasteiger partial charge is 0.504 e. The first kappa shape index (κ1) is 22.0. The smallest absolute Gasteiger partial charge is 0.243 e. The first-order chi connectivity index (χ1) is 15.4. The van der Waals surface area contributed by atoms with Crippen molar-refractivity contribution in [1.82, 2.24) is 14.2 Å². The van der Waals surface area contributed by atoms with E-state index in [-0.39, 0.29) is 35.3 Å². The molecule has 4 rings (SSSR count). The van der Waals surface area contributed by atoms with E-state index in [1.54, 1.807) is 41.6 Å². The maximum absolute atomic E-state index is 13.4. The Balaban J connectivity index is 1.43. The fourth-order valence-corrected chi connectivity index (χ4v) is 5.66. The molecule has 0 unspecified atom stereocenters. The van der Waals surface area contributed by atoms with Gasteiger partial charge in [-0.3, -0.25) is 9.78 Å². The number of aryl methyl sites for hydroxylation is 1. The molecular formula is C23H25N3O5S. The Kier molecular flexibility index (Phi) is 6.29. The number of aromatic hydroxyl groups is 2. The highest BCUT2D eigenvalue weighted by atomic mass is 32.2. The monoisotopic (exact) mass is 455 g/mol. The summed E-state index contributed by atoms with van der Waals surface area (Å²) >= 11 is 0. The zero-order valence-corrected chi connectivity index (χ0v) is 18.3. The van der Waals surface area contributed by atoms with E-state index >= 15 is 0 Å². The average Bonchev–Trinajstić information content (AvgIpc) is 3.06. The Morgan fingerprint density at radius 3 is 2.66 bits per heavy atom. The van der Waals surface area contributed by atoms with Gasteiger partial charge in [-0.25, -0.2) is 8.42 Å². The number of benzene rings is 2. The van der Waals surface area contributed by atoms with E-state index in [1.807, 2.05) is 6.07 Å². The lowest BCUT2D eigenvalue weighted by Gasteiger charge is -2.22. The van der Waals surface area contributed by atoms with Crippen LogP contribution >= 0.6 is 0 Å². The van der Waals surface area contributed by atoms with Crippen molar-refractivity contribution in [2.24, 2.45) is 0 Å². The number of hydrogen-bond donors (Lipinski definition) is 2. The number of carbonyl (C=O) groups is 1. The number of phenols is 2. The fraction of sp³-hybridized carbons (Fsp3) is 0.304. The number of sulfonamides is 1. The molecule has 32 heavy (non-hydrogen) atoms. The first-order valence-corrected chi connectivity index (χ1v) is 11.9. The summed E-state index contributed by atoms with van der Waals surface area (Å²) in [5.41, 5.74) is 0.748. The van der Waals surface area contributed by atoms with Gasteiger partial charge < -0.3 is 15.1 Å². The summed E-state index contributed by atoms with van der Waals surface area (Å²) < 4.78 is 28.2. The normalized spacial score (nSPS) is 15.6. The predicted molar refractivity (Wildman–Crippen MR) is 120 cm³/mol. The molecule has 1 aliphatic rings. The lowest BCUT2D eigenvalue weighted by molar-refractivity contribution is -0.131. The zero-order chi connectivity index (χ0) is 22.7. The van der Waals surface area contributed by atoms with Crippen LogP contribution < -0.4 is 0 Å². The van der Waals surface area contributed by atoms with Crippen molar-refractivity contribution in [2.45, 2.75) is 24.2 Å². The van der Waals surface area contributed by atoms with Crippen LogP contribution in [0.1, 0.15) is 18.4 Å². The van der Waals surface area contributed by atoms with Crippen LogP contribution in [0.3, 0.4) is 0 Å². The molecule has 0 radical (unpaired) electrons. The molecule has 1 amide bonds. The molecular weight excluding hydrogens is 430 g/mol. The molecule has 168 valence electrons. The summed E-state index contributed by atoms with van der Waals surface area (Å²) in [6, 6.07) is 11.4. The summed E-state index contributed by atoms with van der Waals surface area (Å²) in [5.74, 6) is -0.473. The molecule has 1 fully saturated rings. The van der Waals surface area contributed by atoms with Crippen molar-refractivity contribution in [3.8, 4) is 11.5 Å². The summed E-state index contributed by atoms with van der Waals surface area (Å²) in [6.07, 6.45) is 4.45. The third-order valence-electron chi connectivity index (χ3n) is 5.73. The second-order valence-corrected chi connectivity index (χ2v) is 9.72. The molecule has 0 spiro atoms. The van der Waals surface area contributed by atoms with Crippen molar-refractivity contribution < 1.29 is 23.4 Å². The minimum Gasteiger partial charge on any atom is -0.504 e. The Bertz CT molecular complexity index is 1240. The first-order valence-electron chi connectivity index (χ1n) is 10.5. The van der Waals surface area contributed by atoms with Crippen molar-refractivity contribution in [3.63, 3.8) is 0 Å². The molecule has 0 bridgehead atoms. The van der Waals surface area contributed by atoms with E-state index in [0.717, 1.165) is 10.9 Å². The molecule has 0 aliphatic carbocycles. The van der Waals surface area contributed by atoms with E-state index in [2.05, 4.69) is 4.98 Å². The fourth-order valence-electron chi connectivity index (χ4n) is 3.97. The van der Waals surface area contributed by atoms with Gasteiger partial charge in [0.2, 0.25) is 15.9 Å². The Hall–Kier alpha value is -3.17. The van der Waals surface area contributed by atoms with Gasteiger partial charge in [0.15, 0.2) is 11.5 Å². The summed E-state index contributed by atoms with van der Waals surface area (Å²) in [7, 11) is -3.71. The lowest BCUT2D eigenvalue weighted by Crippen LogP contribution is -2.37. The van der Waals surface area contributed by atoms with Crippen LogP contribution in [0.15, 0.2) is 59.8 Å². The lowest BCUT2D eigenvalue weighted by atomic mass is 10.1. The van der Waals surface area contributed by atoms with Gasteiger partial charge >= 0.3 is 0 Å². The summed E-state index contributed by atoms with van der Waals surface area (Å²) in [5, 5.41) is 20.4. The second kappa shape index (κ2) is 9.13. The van der Waals surface area contributed by atoms with Crippen molar-refractivity contribution >= 4 is 26.7 Å². The number of carbonyl (C=O) groups excluding carboxylic acids is 1. The molecule has 2 aromatic carbocycles. The van der Waals surface area contributed by atoms with Crippen LogP contribution in [-0.2, 0) is 21.2 Å². The molecule has 2 N–H and O–H groups in total. The van der Waals surface area contributed by atoms with Gasteiger partial charge in [-0.05, 0) is 42.7 Å². The number of pyridine rings is 1. The maximum atomic E-state index is 13.4. The van der Waals surface area contributed by atoms with Crippen LogP contribution in [0.25, 0.3) is 10.8 Å². The van der Waals surface area contributed by atoms with Crippen LogP contribution in [0.4, 0.5) is 0 Å². The van der Waals surface area contributed by atoms with Crippen molar-refractivity contribution in [2.75, 3.05) is 26.2 Å². The molecule has 1 aliphatic heterocycles. The number of rotatable bonds is 5. The highest BCUT2D eigenvalue weighted by molar-refractivity contribution is 7.89. The SMILES string of the molecule is O=C(CCc1ccc(O)c(O)c1)N1CCCN(S(=O)(=O)c2cccc3cnccc23)CC1. The molecule has 2 heterocycles. The van der Waals surface area contributed by atoms with E-state index in [4.69, 9.17) is 0 Å². The van der Waals surface area contributed by atoms with Crippen LogP contribution in [-0.4, -0.2) is 64.9 Å². The van der Waals surface area contributed by atoms with Crippen molar-refractivity contribution in [1.29, 1.82) is 0 Å². The quantitative estimate of drug-likeness (QED) is 0.572. The number of fused-ring (bicyclic) bond motifs is 1. The van der Waals surface area contributed by atoms with Gasteiger partial charge in [-0.2, -0.15) is 4.31 Å². The van der Waals surface area contributed by atoms with Gasteiger partial charge in [0.25, 0.3) is 0 Å². The molecule has 1 aromatic heterocycles. The predicted octanol–water partition coefficient (Wildman–Crippen LogP) is 2.50. The van der Waals surface area contributed by atoms with Crippen LogP contribution in [0.2, 0.25) is 0 Å². The number of aromatic nitrogens is 1. The molecule has 1 saturated heterocycles. The molecule has 0 atom stereocenters. The third kappa shape index (κ3) is 4.53. The molecule has 8 nitrogen and oxygen atoms in total. The van der Waals surface area contributed by atoms with Gasteiger partial charge in [0, 0.05) is 55.8 Å². The van der Waals surface area contributed by atoms with E-state index in [1.165, 1.54) is 16.4 Å². The third-order valence-corrected chi connectivity index (χ3v) is 7.69. The average molecular weight is 456 g/mol. The molecule has 3 aromatic rings. The Morgan fingerprint density at radius 2 is 1.84 bits per heavy atom. The number of hydrogen-bond acceptors (Lipinski definition) is 6. The van der Waals surface area contributed by atoms with E-state index in [9.17, 15) is 23.4 Å². The highest BCUT2D eigenvalue weighted by Crippen LogP contribution is 2.27. The minimum absolute atomic E-state index is 0.0620. The van der Waals surface area contributed by atoms with Gasteiger partial charge in [0.05, 0.1) is 4.90 Å². The van der Waals surface area contributed by atoms with Gasteiger partial charge in [0.1, 0.15) is 0 Å². The zero-order valence-electron chi connectivity index (χ0n) is 17.5. The standard InChI is InChI=1S/C23H25N3O5S/c27-20-7-5-17(15-21(20)28)6-8-23(29)25-11-2-12-26(14-13-25)32(30,31)22-4-1-3-18-16-24-10-9-19(18)22/h1,3-5,7,9-10,15-16,27-28H,2,6,8,11-14H2. The number of amides is 1. The minimum atomic E-state index is -3.71. The summed E-state index contributed by atoms with van der Waals surface area (Å²) in [6.45, 7) is 1.39. The van der Waals surface area contributed by atoms with E-state index in [0.29, 0.717) is 37.9 Å². The molecule has 0 saturated carbocycles. The van der Waals surface area contributed by atoms with Crippen LogP contribution in [0.5, 0.6) is 11.5 Å².